The molecule has 0 bridgehead atoms. The molecule has 2 fully saturated rings. The summed E-state index contributed by atoms with van der Waals surface area (Å²) >= 11 is 0. The first-order chi connectivity index (χ1) is 27.2. The van der Waals surface area contributed by atoms with Crippen molar-refractivity contribution >= 4 is 12.3 Å². The van der Waals surface area contributed by atoms with Crippen molar-refractivity contribution in [2.24, 2.45) is 33.5 Å². The maximum absolute atomic E-state index is 13.0. The van der Waals surface area contributed by atoms with Gasteiger partial charge in [0.25, 0.3) is 0 Å². The summed E-state index contributed by atoms with van der Waals surface area (Å²) in [6, 6.07) is 16.2. The van der Waals surface area contributed by atoms with E-state index in [9.17, 15) is 9.59 Å². The predicted octanol–water partition coefficient (Wildman–Crippen LogP) is 16.9. The fourth-order valence-electron chi connectivity index (χ4n) is 8.94. The Labute approximate surface area is 366 Å². The highest BCUT2D eigenvalue weighted by Crippen LogP contribution is 2.46. The van der Waals surface area contributed by atoms with Crippen LogP contribution >= 0.6 is 0 Å². The van der Waals surface area contributed by atoms with Crippen LogP contribution in [0.1, 0.15) is 245 Å². The van der Waals surface area contributed by atoms with Crippen LogP contribution in [0.3, 0.4) is 0 Å². The van der Waals surface area contributed by atoms with Gasteiger partial charge >= 0.3 is 5.97 Å². The van der Waals surface area contributed by atoms with Crippen LogP contribution in [-0.4, -0.2) is 30.6 Å². The van der Waals surface area contributed by atoms with E-state index in [0.29, 0.717) is 23.3 Å². The zero-order valence-electron chi connectivity index (χ0n) is 42.1. The van der Waals surface area contributed by atoms with Crippen LogP contribution in [0.2, 0.25) is 0 Å². The molecule has 2 aromatic carbocycles. The molecule has 0 saturated heterocycles. The molecule has 2 saturated carbocycles. The zero-order valence-corrected chi connectivity index (χ0v) is 42.1. The average molecular weight is 819 g/mol. The van der Waals surface area contributed by atoms with Crippen LogP contribution in [0.15, 0.2) is 48.5 Å². The molecule has 2 aliphatic rings. The van der Waals surface area contributed by atoms with E-state index in [1.165, 1.54) is 68.9 Å². The number of methoxy groups -OCH3 is 1. The number of rotatable bonds is 12. The summed E-state index contributed by atoms with van der Waals surface area (Å²) in [5.41, 5.74) is 4.63. The monoisotopic (exact) mass is 819 g/mol. The summed E-state index contributed by atoms with van der Waals surface area (Å²) in [7, 11) is 1.83. The van der Waals surface area contributed by atoms with Gasteiger partial charge < -0.3 is 9.47 Å². The summed E-state index contributed by atoms with van der Waals surface area (Å²) in [5.74, 6) is 1.97. The molecule has 0 heterocycles. The van der Waals surface area contributed by atoms with Gasteiger partial charge in [-0.25, -0.2) is 4.79 Å². The minimum atomic E-state index is -0.392. The van der Waals surface area contributed by atoms with Gasteiger partial charge in [-0.1, -0.05) is 166 Å². The number of ether oxygens (including phenoxy) is 2. The molecular formula is C55H94O4. The summed E-state index contributed by atoms with van der Waals surface area (Å²) in [4.78, 5) is 23.9. The SMILES string of the molecule is CC.CC(C)(C)CC(c1cccc(C=O)c1)C(C)(C)C.CCC(C)(C)C(CC(C)(C)C)c1cccc(C(=O)OC(C)(C)C2CCCC2)c1.COC(C)(C)C1CCCCC1. The largest absolute Gasteiger partial charge is 0.456 e. The van der Waals surface area contributed by atoms with Crippen LogP contribution in [-0.2, 0) is 9.47 Å². The van der Waals surface area contributed by atoms with E-state index in [2.05, 4.69) is 129 Å². The molecule has 0 aliphatic heterocycles. The van der Waals surface area contributed by atoms with E-state index < -0.39 is 5.60 Å². The van der Waals surface area contributed by atoms with Gasteiger partial charge in [-0.2, -0.15) is 0 Å². The van der Waals surface area contributed by atoms with Crippen molar-refractivity contribution in [1.82, 2.24) is 0 Å². The number of hydrogen-bond acceptors (Lipinski definition) is 4. The van der Waals surface area contributed by atoms with Crippen molar-refractivity contribution in [3.05, 3.63) is 70.8 Å². The second-order valence-electron chi connectivity index (χ2n) is 22.9. The Balaban J connectivity index is 0.000000478. The molecule has 0 aromatic heterocycles. The Kier molecular flexibility index (Phi) is 21.9. The molecule has 59 heavy (non-hydrogen) atoms. The number of aldehydes is 1. The summed E-state index contributed by atoms with van der Waals surface area (Å²) < 4.78 is 11.5. The normalized spacial score (nSPS) is 16.9. The fourth-order valence-corrected chi connectivity index (χ4v) is 8.94. The van der Waals surface area contributed by atoms with E-state index in [1.807, 2.05) is 51.3 Å². The minimum Gasteiger partial charge on any atom is -0.456 e. The second-order valence-corrected chi connectivity index (χ2v) is 22.9. The molecule has 4 heteroatoms. The molecule has 2 aliphatic carbocycles. The zero-order chi connectivity index (χ0) is 45.5. The molecule has 0 amide bonds. The molecule has 4 nitrogen and oxygen atoms in total. The number of benzene rings is 2. The predicted molar refractivity (Wildman–Crippen MR) is 256 cm³/mol. The highest BCUT2D eigenvalue weighted by molar-refractivity contribution is 5.90. The van der Waals surface area contributed by atoms with Gasteiger partial charge in [-0.3, -0.25) is 4.79 Å². The topological polar surface area (TPSA) is 52.6 Å². The third-order valence-electron chi connectivity index (χ3n) is 13.3. The number of hydrogen-bond donors (Lipinski definition) is 0. The summed E-state index contributed by atoms with van der Waals surface area (Å²) in [6.45, 7) is 40.1. The van der Waals surface area contributed by atoms with Crippen LogP contribution in [0.5, 0.6) is 0 Å². The molecular weight excluding hydrogens is 725 g/mol. The summed E-state index contributed by atoms with van der Waals surface area (Å²) in [5, 5.41) is 0. The standard InChI is InChI=1S/C26H42O2.C17H26O.C10H20O.C2H6/c1-9-25(5,6)22(18-24(2,3)4)19-13-12-14-20(17-19)23(27)28-26(7,8)21-15-10-11-16-21;1-16(2,3)11-15(17(4,5)6)14-9-7-8-13(10-14)12-18;1-10(2,11-3)9-7-5-4-6-8-9;1-2/h12-14,17,21-22H,9-11,15-16,18H2,1-8H3;7-10,12,15H,11H2,1-6H3;9H,4-8H2,1-3H3;1-2H3. The lowest BCUT2D eigenvalue weighted by Crippen LogP contribution is -2.35. The Morgan fingerprint density at radius 1 is 0.644 bits per heavy atom. The molecule has 338 valence electrons. The lowest BCUT2D eigenvalue weighted by atomic mass is 9.67. The van der Waals surface area contributed by atoms with E-state index in [0.717, 1.165) is 37.0 Å². The quantitative estimate of drug-likeness (QED) is 0.158. The lowest BCUT2D eigenvalue weighted by Gasteiger charge is -2.38. The van der Waals surface area contributed by atoms with Gasteiger partial charge in [0, 0.05) is 12.7 Å². The van der Waals surface area contributed by atoms with Crippen LogP contribution in [0.25, 0.3) is 0 Å². The molecule has 0 radical (unpaired) electrons. The highest BCUT2D eigenvalue weighted by Gasteiger charge is 2.37. The van der Waals surface area contributed by atoms with Gasteiger partial charge in [0.2, 0.25) is 0 Å². The van der Waals surface area contributed by atoms with Gasteiger partial charge in [0.1, 0.15) is 11.9 Å². The van der Waals surface area contributed by atoms with Gasteiger partial charge in [-0.05, 0) is 141 Å². The molecule has 2 unspecified atom stereocenters. The average Bonchev–Trinajstić information content (AvgIpc) is 3.73. The van der Waals surface area contributed by atoms with Crippen LogP contribution in [0, 0.1) is 33.5 Å². The Morgan fingerprint density at radius 2 is 1.08 bits per heavy atom. The third kappa shape index (κ3) is 19.0. The van der Waals surface area contributed by atoms with E-state index in [1.54, 1.807) is 0 Å². The maximum Gasteiger partial charge on any atom is 0.338 e. The second kappa shape index (κ2) is 23.7. The van der Waals surface area contributed by atoms with Crippen molar-refractivity contribution in [3.63, 3.8) is 0 Å². The van der Waals surface area contributed by atoms with Crippen LogP contribution in [0.4, 0.5) is 0 Å². The Morgan fingerprint density at radius 3 is 1.53 bits per heavy atom. The van der Waals surface area contributed by atoms with Crippen molar-refractivity contribution < 1.29 is 19.1 Å². The van der Waals surface area contributed by atoms with E-state index in [-0.39, 0.29) is 33.2 Å². The smallest absolute Gasteiger partial charge is 0.338 e. The highest BCUT2D eigenvalue weighted by atomic mass is 16.6. The lowest BCUT2D eigenvalue weighted by molar-refractivity contribution is -0.0399. The molecule has 0 N–H and O–H groups in total. The van der Waals surface area contributed by atoms with Gasteiger partial charge in [-0.15, -0.1) is 0 Å². The first-order valence-corrected chi connectivity index (χ1v) is 23.6. The van der Waals surface area contributed by atoms with Gasteiger partial charge in [0.05, 0.1) is 11.2 Å². The number of esters is 1. The number of carbonyl (C=O) groups excluding carboxylic acids is 2. The first kappa shape index (κ1) is 54.6. The first-order valence-electron chi connectivity index (χ1n) is 23.6. The van der Waals surface area contributed by atoms with Crippen molar-refractivity contribution in [1.29, 1.82) is 0 Å². The van der Waals surface area contributed by atoms with E-state index >= 15 is 0 Å². The Bertz CT molecular complexity index is 1500. The Hall–Kier alpha value is -2.46. The minimum absolute atomic E-state index is 0.112. The van der Waals surface area contributed by atoms with Crippen molar-refractivity contribution in [3.8, 4) is 0 Å². The number of carbonyl (C=O) groups is 2. The molecule has 2 atom stereocenters. The van der Waals surface area contributed by atoms with Crippen molar-refractivity contribution in [2.45, 2.75) is 225 Å². The molecule has 0 spiro atoms. The summed E-state index contributed by atoms with van der Waals surface area (Å²) in [6.07, 6.45) is 16.0. The molecule has 4 rings (SSSR count). The third-order valence-corrected chi connectivity index (χ3v) is 13.3. The van der Waals surface area contributed by atoms with Crippen molar-refractivity contribution in [2.75, 3.05) is 7.11 Å². The fraction of sp³-hybridized carbons (Fsp3) is 0.745. The molecule has 2 aromatic rings. The van der Waals surface area contributed by atoms with Gasteiger partial charge in [0.15, 0.2) is 0 Å². The maximum atomic E-state index is 13.0. The van der Waals surface area contributed by atoms with Crippen LogP contribution < -0.4 is 0 Å². The van der Waals surface area contributed by atoms with E-state index in [4.69, 9.17) is 9.47 Å².